The molecule has 1 aliphatic heterocycles. The molecule has 3 aromatic carbocycles. The molecule has 3 heterocycles. The number of nitrogens with zero attached hydrogens (tertiary/aromatic N) is 2. The number of anilines is 1. The Bertz CT molecular complexity index is 1650. The molecule has 0 saturated heterocycles. The first-order chi connectivity index (χ1) is 18.2. The second kappa shape index (κ2) is 9.55. The lowest BCUT2D eigenvalue weighted by molar-refractivity contribution is 0.0971. The van der Waals surface area contributed by atoms with Crippen molar-refractivity contribution < 1.29 is 18.7 Å². The molecule has 0 fully saturated rings. The largest absolute Gasteiger partial charge is 0.490 e. The van der Waals surface area contributed by atoms with E-state index in [9.17, 15) is 9.59 Å². The second-order valence-corrected chi connectivity index (χ2v) is 9.35. The molecule has 0 bridgehead atoms. The van der Waals surface area contributed by atoms with Crippen molar-refractivity contribution >= 4 is 33.3 Å². The van der Waals surface area contributed by atoms with Crippen molar-refractivity contribution in [3.63, 3.8) is 0 Å². The Kier molecular flexibility index (Phi) is 5.94. The lowest BCUT2D eigenvalue weighted by Gasteiger charge is -2.23. The van der Waals surface area contributed by atoms with E-state index in [-0.39, 0.29) is 11.2 Å². The first-order valence-corrected chi connectivity index (χ1v) is 12.8. The van der Waals surface area contributed by atoms with E-state index in [1.807, 2.05) is 55.5 Å². The number of rotatable bonds is 7. The van der Waals surface area contributed by atoms with Crippen molar-refractivity contribution in [1.82, 2.24) is 4.98 Å². The molecule has 2 aromatic heterocycles. The van der Waals surface area contributed by atoms with Crippen LogP contribution in [0.25, 0.3) is 11.0 Å². The zero-order valence-corrected chi connectivity index (χ0v) is 20.7. The van der Waals surface area contributed by atoms with Crippen LogP contribution in [0.3, 0.4) is 0 Å². The molecule has 37 heavy (non-hydrogen) atoms. The summed E-state index contributed by atoms with van der Waals surface area (Å²) in [4.78, 5) is 33.2. The van der Waals surface area contributed by atoms with Gasteiger partial charge in [-0.05, 0) is 42.3 Å². The van der Waals surface area contributed by atoms with E-state index >= 15 is 0 Å². The maximum atomic E-state index is 13.7. The van der Waals surface area contributed by atoms with Gasteiger partial charge in [-0.15, -0.1) is 11.3 Å². The number of ether oxygens (including phenoxy) is 2. The van der Waals surface area contributed by atoms with Crippen LogP contribution >= 0.6 is 11.3 Å². The smallest absolute Gasteiger partial charge is 0.297 e. The van der Waals surface area contributed by atoms with Gasteiger partial charge in [0.2, 0.25) is 5.76 Å². The maximum absolute atomic E-state index is 13.7. The Morgan fingerprint density at radius 3 is 2.57 bits per heavy atom. The van der Waals surface area contributed by atoms with E-state index in [0.29, 0.717) is 51.9 Å². The van der Waals surface area contributed by atoms with Crippen LogP contribution in [0.5, 0.6) is 11.5 Å². The number of hydrogen-bond donors (Lipinski definition) is 0. The van der Waals surface area contributed by atoms with Gasteiger partial charge in [0.1, 0.15) is 12.2 Å². The number of aromatic nitrogens is 1. The predicted octanol–water partition coefficient (Wildman–Crippen LogP) is 5.98. The fourth-order valence-electron chi connectivity index (χ4n) is 4.58. The van der Waals surface area contributed by atoms with Crippen LogP contribution in [0.1, 0.15) is 40.2 Å². The number of hydrogen-bond acceptors (Lipinski definition) is 7. The van der Waals surface area contributed by atoms with Gasteiger partial charge in [-0.25, -0.2) is 4.98 Å². The molecule has 8 heteroatoms. The molecule has 1 atom stereocenters. The van der Waals surface area contributed by atoms with Gasteiger partial charge in [0.15, 0.2) is 22.1 Å². The van der Waals surface area contributed by atoms with Gasteiger partial charge in [0.05, 0.1) is 23.6 Å². The molecule has 1 amide bonds. The van der Waals surface area contributed by atoms with Gasteiger partial charge in [0, 0.05) is 11.6 Å². The summed E-state index contributed by atoms with van der Waals surface area (Å²) in [6.07, 6.45) is 1.63. The molecule has 1 aliphatic rings. The van der Waals surface area contributed by atoms with E-state index in [2.05, 4.69) is 4.98 Å². The van der Waals surface area contributed by atoms with E-state index < -0.39 is 11.9 Å². The number of carbonyl (C=O) groups is 1. The summed E-state index contributed by atoms with van der Waals surface area (Å²) in [5, 5.41) is 2.70. The SMILES string of the molecule is CCOc1cc(C2c3c(oc4ccccc4c3=O)C(=O)N2c2nccs2)ccc1OCc1ccccc1. The average molecular weight is 511 g/mol. The standard InChI is InChI=1S/C29H22N2O5S/c1-2-34-23-16-19(12-13-22(23)35-17-18-8-4-3-5-9-18)25-24-26(32)20-10-6-7-11-21(20)36-27(24)28(33)31(25)29-30-14-15-37-29/h3-16,25H,2,17H2,1H3. The van der Waals surface area contributed by atoms with Gasteiger partial charge < -0.3 is 13.9 Å². The third-order valence-electron chi connectivity index (χ3n) is 6.22. The zero-order chi connectivity index (χ0) is 25.4. The maximum Gasteiger partial charge on any atom is 0.297 e. The zero-order valence-electron chi connectivity index (χ0n) is 19.9. The third-order valence-corrected chi connectivity index (χ3v) is 6.99. The highest BCUT2D eigenvalue weighted by Gasteiger charge is 2.45. The lowest BCUT2D eigenvalue weighted by Crippen LogP contribution is -2.29. The molecule has 0 spiro atoms. The molecule has 6 rings (SSSR count). The summed E-state index contributed by atoms with van der Waals surface area (Å²) in [6.45, 7) is 2.70. The minimum Gasteiger partial charge on any atom is -0.490 e. The average Bonchev–Trinajstić information content (AvgIpc) is 3.55. The molecule has 7 nitrogen and oxygen atoms in total. The first-order valence-electron chi connectivity index (χ1n) is 11.9. The van der Waals surface area contributed by atoms with Gasteiger partial charge in [-0.2, -0.15) is 0 Å². The quantitative estimate of drug-likeness (QED) is 0.268. The predicted molar refractivity (Wildman–Crippen MR) is 142 cm³/mol. The van der Waals surface area contributed by atoms with Crippen LogP contribution in [0.4, 0.5) is 5.13 Å². The normalized spacial score (nSPS) is 14.7. The topological polar surface area (TPSA) is 81.9 Å². The van der Waals surface area contributed by atoms with E-state index in [1.165, 1.54) is 16.2 Å². The molecular formula is C29H22N2O5S. The summed E-state index contributed by atoms with van der Waals surface area (Å²) in [5.41, 5.74) is 2.15. The monoisotopic (exact) mass is 510 g/mol. The summed E-state index contributed by atoms with van der Waals surface area (Å²) < 4.78 is 18.0. The summed E-state index contributed by atoms with van der Waals surface area (Å²) in [6, 6.07) is 21.6. The number of carbonyl (C=O) groups excluding carboxylic acids is 1. The minimum atomic E-state index is -0.725. The summed E-state index contributed by atoms with van der Waals surface area (Å²) in [7, 11) is 0. The Hall–Kier alpha value is -4.43. The van der Waals surface area contributed by atoms with Crippen molar-refractivity contribution in [2.24, 2.45) is 0 Å². The Morgan fingerprint density at radius 2 is 1.78 bits per heavy atom. The number of thiazole rings is 1. The third kappa shape index (κ3) is 4.05. The van der Waals surface area contributed by atoms with Crippen molar-refractivity contribution in [3.8, 4) is 11.5 Å². The summed E-state index contributed by atoms with van der Waals surface area (Å²) in [5.74, 6) is 0.734. The fourth-order valence-corrected chi connectivity index (χ4v) is 5.25. The Labute approximate surface area is 216 Å². The number of para-hydroxylation sites is 1. The number of fused-ring (bicyclic) bond motifs is 2. The van der Waals surface area contributed by atoms with Crippen LogP contribution in [0.2, 0.25) is 0 Å². The lowest BCUT2D eigenvalue weighted by atomic mass is 9.98. The molecule has 1 unspecified atom stereocenters. The molecule has 5 aromatic rings. The highest BCUT2D eigenvalue weighted by Crippen LogP contribution is 2.43. The highest BCUT2D eigenvalue weighted by atomic mass is 32.1. The number of benzene rings is 3. The van der Waals surface area contributed by atoms with Gasteiger partial charge in [-0.3, -0.25) is 14.5 Å². The number of amides is 1. The minimum absolute atomic E-state index is 0.0336. The van der Waals surface area contributed by atoms with Gasteiger partial charge in [-0.1, -0.05) is 48.5 Å². The fraction of sp³-hybridized carbons (Fsp3) is 0.138. The molecule has 0 saturated carbocycles. The molecule has 0 N–H and O–H groups in total. The molecule has 0 radical (unpaired) electrons. The highest BCUT2D eigenvalue weighted by molar-refractivity contribution is 7.13. The second-order valence-electron chi connectivity index (χ2n) is 8.48. The van der Waals surface area contributed by atoms with Crippen LogP contribution in [0, 0.1) is 0 Å². The Balaban J connectivity index is 1.47. The van der Waals surface area contributed by atoms with Crippen LogP contribution in [-0.4, -0.2) is 17.5 Å². The van der Waals surface area contributed by atoms with Gasteiger partial charge in [0.25, 0.3) is 5.91 Å². The Morgan fingerprint density at radius 1 is 0.973 bits per heavy atom. The van der Waals surface area contributed by atoms with Crippen molar-refractivity contribution in [3.05, 3.63) is 117 Å². The van der Waals surface area contributed by atoms with Crippen LogP contribution in [0.15, 0.2) is 93.6 Å². The van der Waals surface area contributed by atoms with E-state index in [0.717, 1.165) is 5.56 Å². The van der Waals surface area contributed by atoms with Crippen LogP contribution in [-0.2, 0) is 6.61 Å². The van der Waals surface area contributed by atoms with E-state index in [4.69, 9.17) is 13.9 Å². The van der Waals surface area contributed by atoms with Crippen LogP contribution < -0.4 is 19.8 Å². The summed E-state index contributed by atoms with van der Waals surface area (Å²) >= 11 is 1.32. The molecule has 0 aliphatic carbocycles. The first kappa shape index (κ1) is 23.0. The van der Waals surface area contributed by atoms with Crippen molar-refractivity contribution in [2.45, 2.75) is 19.6 Å². The van der Waals surface area contributed by atoms with E-state index in [1.54, 1.807) is 35.8 Å². The van der Waals surface area contributed by atoms with Gasteiger partial charge >= 0.3 is 0 Å². The van der Waals surface area contributed by atoms with Crippen molar-refractivity contribution in [1.29, 1.82) is 0 Å². The van der Waals surface area contributed by atoms with Crippen molar-refractivity contribution in [2.75, 3.05) is 11.5 Å². The molecular weight excluding hydrogens is 488 g/mol. The molecule has 184 valence electrons.